The van der Waals surface area contributed by atoms with Gasteiger partial charge in [-0.1, -0.05) is 48.5 Å². The zero-order valence-corrected chi connectivity index (χ0v) is 19.4. The van der Waals surface area contributed by atoms with E-state index in [1.165, 1.54) is 11.1 Å². The SMILES string of the molecule is O=C(O)CC1COCCC1NC(=O)C1CC1CNC(=O)OCC1c2ccccc2-c2ccccc21. The predicted octanol–water partition coefficient (Wildman–Crippen LogP) is 3.16. The number of carbonyl (C=O) groups is 3. The van der Waals surface area contributed by atoms with Crippen LogP contribution in [0.4, 0.5) is 4.79 Å². The van der Waals surface area contributed by atoms with E-state index in [9.17, 15) is 14.4 Å². The van der Waals surface area contributed by atoms with Crippen molar-refractivity contribution in [3.63, 3.8) is 0 Å². The first-order valence-electron chi connectivity index (χ1n) is 12.2. The van der Waals surface area contributed by atoms with Gasteiger partial charge in [0.05, 0.1) is 13.0 Å². The van der Waals surface area contributed by atoms with E-state index >= 15 is 0 Å². The number of rotatable bonds is 8. The van der Waals surface area contributed by atoms with Crippen molar-refractivity contribution in [2.75, 3.05) is 26.4 Å². The van der Waals surface area contributed by atoms with Gasteiger partial charge in [-0.15, -0.1) is 0 Å². The third-order valence-corrected chi connectivity index (χ3v) is 7.35. The summed E-state index contributed by atoms with van der Waals surface area (Å²) in [5, 5.41) is 14.9. The maximum Gasteiger partial charge on any atom is 0.407 e. The first-order valence-corrected chi connectivity index (χ1v) is 12.2. The highest BCUT2D eigenvalue weighted by Crippen LogP contribution is 2.44. The molecule has 2 amide bonds. The second-order valence-corrected chi connectivity index (χ2v) is 9.65. The zero-order chi connectivity index (χ0) is 24.4. The third kappa shape index (κ3) is 5.17. The Morgan fingerprint density at radius 3 is 2.37 bits per heavy atom. The van der Waals surface area contributed by atoms with E-state index in [2.05, 4.69) is 34.9 Å². The van der Waals surface area contributed by atoms with Crippen LogP contribution in [0.15, 0.2) is 48.5 Å². The van der Waals surface area contributed by atoms with Gasteiger partial charge in [-0.25, -0.2) is 4.79 Å². The van der Waals surface area contributed by atoms with E-state index < -0.39 is 12.1 Å². The average molecular weight is 479 g/mol. The highest BCUT2D eigenvalue weighted by molar-refractivity contribution is 5.82. The quantitative estimate of drug-likeness (QED) is 0.537. The van der Waals surface area contributed by atoms with Crippen LogP contribution in [0.2, 0.25) is 0 Å². The average Bonchev–Trinajstić information content (AvgIpc) is 3.57. The van der Waals surface area contributed by atoms with Gasteiger partial charge in [0, 0.05) is 36.9 Å². The Bertz CT molecular complexity index is 1070. The van der Waals surface area contributed by atoms with Crippen molar-refractivity contribution in [1.82, 2.24) is 10.6 Å². The number of benzene rings is 2. The molecule has 1 saturated carbocycles. The Morgan fingerprint density at radius 1 is 1.00 bits per heavy atom. The summed E-state index contributed by atoms with van der Waals surface area (Å²) in [6.45, 7) is 1.48. The van der Waals surface area contributed by atoms with Crippen molar-refractivity contribution < 1.29 is 29.0 Å². The number of fused-ring (bicyclic) bond motifs is 3. The molecule has 2 aliphatic carbocycles. The molecule has 2 aromatic rings. The van der Waals surface area contributed by atoms with Crippen LogP contribution in [0.25, 0.3) is 11.1 Å². The number of carbonyl (C=O) groups excluding carboxylic acids is 2. The lowest BCUT2D eigenvalue weighted by atomic mass is 9.92. The number of ether oxygens (including phenoxy) is 2. The van der Waals surface area contributed by atoms with Gasteiger partial charge in [0.1, 0.15) is 6.61 Å². The van der Waals surface area contributed by atoms with Crippen LogP contribution in [0.5, 0.6) is 0 Å². The summed E-state index contributed by atoms with van der Waals surface area (Å²) in [6.07, 6.45) is 0.799. The standard InChI is InChI=1S/C27H30N2O6/c30-25(31)12-17-14-34-10-9-24(17)29-26(32)22-11-16(22)13-28-27(33)35-15-23-20-7-3-1-5-18(20)19-6-2-4-8-21(19)23/h1-8,16-17,22-24H,9-15H2,(H,28,33)(H,29,32)(H,30,31). The first-order chi connectivity index (χ1) is 17.0. The molecule has 8 nitrogen and oxygen atoms in total. The van der Waals surface area contributed by atoms with Gasteiger partial charge in [-0.3, -0.25) is 9.59 Å². The molecular formula is C27H30N2O6. The number of aliphatic carboxylic acids is 1. The minimum atomic E-state index is -0.892. The number of amides is 2. The Labute approximate surface area is 204 Å². The van der Waals surface area contributed by atoms with E-state index in [1.807, 2.05) is 24.3 Å². The molecule has 1 saturated heterocycles. The van der Waals surface area contributed by atoms with Crippen LogP contribution in [0.1, 0.15) is 36.3 Å². The number of nitrogens with one attached hydrogen (secondary N) is 2. The van der Waals surface area contributed by atoms with Crippen molar-refractivity contribution in [2.24, 2.45) is 17.8 Å². The topological polar surface area (TPSA) is 114 Å². The highest BCUT2D eigenvalue weighted by Gasteiger charge is 2.44. The first kappa shape index (κ1) is 23.4. The van der Waals surface area contributed by atoms with Crippen LogP contribution < -0.4 is 10.6 Å². The third-order valence-electron chi connectivity index (χ3n) is 7.35. The van der Waals surface area contributed by atoms with Gasteiger partial charge in [-0.2, -0.15) is 0 Å². The molecule has 8 heteroatoms. The molecule has 2 fully saturated rings. The Hall–Kier alpha value is -3.39. The van der Waals surface area contributed by atoms with Crippen molar-refractivity contribution in [3.05, 3.63) is 59.7 Å². The number of carboxylic acid groups (broad SMARTS) is 1. The Kier molecular flexibility index (Phi) is 6.72. The van der Waals surface area contributed by atoms with Gasteiger partial charge in [0.2, 0.25) is 5.91 Å². The Balaban J connectivity index is 1.08. The van der Waals surface area contributed by atoms with Crippen molar-refractivity contribution in [2.45, 2.75) is 31.2 Å². The number of alkyl carbamates (subject to hydrolysis) is 1. The van der Waals surface area contributed by atoms with Crippen molar-refractivity contribution in [1.29, 1.82) is 0 Å². The maximum atomic E-state index is 12.7. The molecule has 0 aromatic heterocycles. The fraction of sp³-hybridized carbons (Fsp3) is 0.444. The van der Waals surface area contributed by atoms with Gasteiger partial charge in [0.15, 0.2) is 0 Å². The second kappa shape index (κ2) is 10.1. The predicted molar refractivity (Wildman–Crippen MR) is 128 cm³/mol. The highest BCUT2D eigenvalue weighted by atomic mass is 16.5. The summed E-state index contributed by atoms with van der Waals surface area (Å²) in [5.41, 5.74) is 4.68. The van der Waals surface area contributed by atoms with E-state index in [0.717, 1.165) is 11.1 Å². The Morgan fingerprint density at radius 2 is 1.69 bits per heavy atom. The molecule has 3 aliphatic rings. The van der Waals surface area contributed by atoms with Crippen LogP contribution in [-0.4, -0.2) is 55.5 Å². The number of hydrogen-bond donors (Lipinski definition) is 3. The normalized spacial score (nSPS) is 24.7. The van der Waals surface area contributed by atoms with E-state index in [-0.39, 0.29) is 48.6 Å². The second-order valence-electron chi connectivity index (χ2n) is 9.65. The molecule has 0 spiro atoms. The molecule has 184 valence electrons. The fourth-order valence-corrected chi connectivity index (χ4v) is 5.36. The number of hydrogen-bond acceptors (Lipinski definition) is 5. The van der Waals surface area contributed by atoms with E-state index in [1.54, 1.807) is 0 Å². The van der Waals surface area contributed by atoms with Crippen molar-refractivity contribution in [3.8, 4) is 11.1 Å². The van der Waals surface area contributed by atoms with Crippen molar-refractivity contribution >= 4 is 18.0 Å². The summed E-state index contributed by atoms with van der Waals surface area (Å²) in [4.78, 5) is 36.1. The van der Waals surface area contributed by atoms with E-state index in [0.29, 0.717) is 32.6 Å². The van der Waals surface area contributed by atoms with Gasteiger partial charge in [-0.05, 0) is 41.0 Å². The lowest BCUT2D eigenvalue weighted by molar-refractivity contribution is -0.140. The molecule has 1 aliphatic heterocycles. The molecule has 5 rings (SSSR count). The maximum absolute atomic E-state index is 12.7. The van der Waals surface area contributed by atoms with E-state index in [4.69, 9.17) is 14.6 Å². The molecule has 4 atom stereocenters. The minimum absolute atomic E-state index is 0.00539. The lowest BCUT2D eigenvalue weighted by Crippen LogP contribution is -2.47. The minimum Gasteiger partial charge on any atom is -0.481 e. The molecule has 2 aromatic carbocycles. The van der Waals surface area contributed by atoms with Gasteiger partial charge >= 0.3 is 12.1 Å². The largest absolute Gasteiger partial charge is 0.481 e. The zero-order valence-electron chi connectivity index (χ0n) is 19.4. The molecular weight excluding hydrogens is 448 g/mol. The molecule has 0 bridgehead atoms. The summed E-state index contributed by atoms with van der Waals surface area (Å²) in [5.74, 6) is -1.29. The summed E-state index contributed by atoms with van der Waals surface area (Å²) >= 11 is 0. The monoisotopic (exact) mass is 478 g/mol. The summed E-state index contributed by atoms with van der Waals surface area (Å²) in [7, 11) is 0. The van der Waals surface area contributed by atoms with Crippen LogP contribution >= 0.6 is 0 Å². The van der Waals surface area contributed by atoms with Gasteiger partial charge in [0.25, 0.3) is 0 Å². The fourth-order valence-electron chi connectivity index (χ4n) is 5.36. The number of carboxylic acids is 1. The summed E-state index contributed by atoms with van der Waals surface area (Å²) in [6, 6.07) is 16.2. The summed E-state index contributed by atoms with van der Waals surface area (Å²) < 4.78 is 10.9. The molecule has 35 heavy (non-hydrogen) atoms. The molecule has 3 N–H and O–H groups in total. The van der Waals surface area contributed by atoms with Gasteiger partial charge < -0.3 is 25.2 Å². The molecule has 4 unspecified atom stereocenters. The van der Waals surface area contributed by atoms with Crippen LogP contribution in [0, 0.1) is 17.8 Å². The van der Waals surface area contributed by atoms with Crippen LogP contribution in [0.3, 0.4) is 0 Å². The lowest BCUT2D eigenvalue weighted by Gasteiger charge is -2.31. The van der Waals surface area contributed by atoms with Crippen LogP contribution in [-0.2, 0) is 19.1 Å². The molecule has 1 heterocycles. The molecule has 0 radical (unpaired) electrons. The smallest absolute Gasteiger partial charge is 0.407 e.